The van der Waals surface area contributed by atoms with Gasteiger partial charge < -0.3 is 53.0 Å². The van der Waals surface area contributed by atoms with Crippen LogP contribution in [0.15, 0.2) is 0 Å². The summed E-state index contributed by atoms with van der Waals surface area (Å²) in [7, 11) is 0. The third-order valence-corrected chi connectivity index (χ3v) is 20.7. The number of halogens is 4. The van der Waals surface area contributed by atoms with Crippen LogP contribution in [0.25, 0.3) is 0 Å². The van der Waals surface area contributed by atoms with E-state index < -0.39 is 17.3 Å². The van der Waals surface area contributed by atoms with Gasteiger partial charge >= 0.3 is 6.18 Å². The highest BCUT2D eigenvalue weighted by Gasteiger charge is 2.62. The van der Waals surface area contributed by atoms with Crippen molar-refractivity contribution < 1.29 is 22.7 Å². The first-order valence-electron chi connectivity index (χ1n) is 41.2. The molecule has 9 fully saturated rings. The third-order valence-electron chi connectivity index (χ3n) is 20.7. The summed E-state index contributed by atoms with van der Waals surface area (Å²) >= 11 is 0. The van der Waals surface area contributed by atoms with Gasteiger partial charge in [0.15, 0.2) is 0 Å². The van der Waals surface area contributed by atoms with Gasteiger partial charge in [-0.3, -0.25) is 0 Å². The van der Waals surface area contributed by atoms with Gasteiger partial charge in [0.05, 0.1) is 11.5 Å². The van der Waals surface area contributed by atoms with Gasteiger partial charge in [0.1, 0.15) is 5.67 Å². The molecule has 0 amide bonds. The van der Waals surface area contributed by atoms with Crippen LogP contribution < -0.4 is 47.9 Å². The highest BCUT2D eigenvalue weighted by atomic mass is 19.4. The van der Waals surface area contributed by atoms with Crippen molar-refractivity contribution in [3.8, 4) is 0 Å². The molecule has 576 valence electrons. The SMILES string of the molecule is CC(C)NCC(O)C1CC1.CC(C)NCC1CC1.CC(C)NCCC1(C(F)(F)F)CC1.CC(C)NCCC1CC(C)(F)C1.CC(C)NCCC1CC1.CC(C)NCCC1CCC1.CC(C)NCCC1CCCC1.CC(C)NCCC1CCCCC1.CC1CC(CCNC(C)C)C1. The molecule has 0 aromatic heterocycles. The summed E-state index contributed by atoms with van der Waals surface area (Å²) < 4.78 is 50.2. The highest BCUT2D eigenvalue weighted by Crippen LogP contribution is 2.59. The molecule has 9 rings (SSSR count). The van der Waals surface area contributed by atoms with E-state index in [0.29, 0.717) is 79.6 Å². The van der Waals surface area contributed by atoms with Crippen LogP contribution in [0.4, 0.5) is 17.6 Å². The highest BCUT2D eigenvalue weighted by molar-refractivity contribution is 4.99. The topological polar surface area (TPSA) is 128 Å². The van der Waals surface area contributed by atoms with E-state index in [9.17, 15) is 22.7 Å². The molecule has 9 aliphatic carbocycles. The van der Waals surface area contributed by atoms with Crippen LogP contribution >= 0.6 is 0 Å². The van der Waals surface area contributed by atoms with Crippen molar-refractivity contribution in [2.24, 2.45) is 58.7 Å². The molecule has 96 heavy (non-hydrogen) atoms. The Hall–Kier alpha value is -0.680. The Morgan fingerprint density at radius 3 is 0.938 bits per heavy atom. The predicted octanol–water partition coefficient (Wildman–Crippen LogP) is 19.3. The van der Waals surface area contributed by atoms with E-state index in [4.69, 9.17) is 0 Å². The fourth-order valence-corrected chi connectivity index (χ4v) is 13.2. The van der Waals surface area contributed by atoms with Crippen molar-refractivity contribution in [3.05, 3.63) is 0 Å². The van der Waals surface area contributed by atoms with E-state index >= 15 is 0 Å². The Morgan fingerprint density at radius 1 is 0.365 bits per heavy atom. The Kier molecular flexibility index (Phi) is 52.5. The second-order valence-electron chi connectivity index (χ2n) is 35.0. The van der Waals surface area contributed by atoms with Crippen molar-refractivity contribution in [1.82, 2.24) is 47.9 Å². The fraction of sp³-hybridized carbons (Fsp3) is 1.00. The molecule has 0 saturated heterocycles. The Labute approximate surface area is 595 Å². The Balaban J connectivity index is 0.000000541. The van der Waals surface area contributed by atoms with Crippen LogP contribution in [-0.2, 0) is 0 Å². The zero-order valence-corrected chi connectivity index (χ0v) is 67.2. The number of hydrogen-bond acceptors (Lipinski definition) is 10. The van der Waals surface area contributed by atoms with E-state index in [-0.39, 0.29) is 18.6 Å². The molecule has 9 aliphatic rings. The summed E-state index contributed by atoms with van der Waals surface area (Å²) in [6, 6.07) is 5.32. The first-order valence-corrected chi connectivity index (χ1v) is 41.2. The van der Waals surface area contributed by atoms with Gasteiger partial charge in [0.25, 0.3) is 0 Å². The number of hydrogen-bond donors (Lipinski definition) is 10. The lowest BCUT2D eigenvalue weighted by Gasteiger charge is -2.38. The lowest BCUT2D eigenvalue weighted by molar-refractivity contribution is -0.188. The second-order valence-corrected chi connectivity index (χ2v) is 35.0. The molecule has 14 heteroatoms. The first kappa shape index (κ1) is 93.3. The molecule has 1 unspecified atom stereocenters. The molecule has 0 radical (unpaired) electrons. The van der Waals surface area contributed by atoms with E-state index in [1.165, 1.54) is 200 Å². The predicted molar refractivity (Wildman–Crippen MR) is 412 cm³/mol. The monoisotopic (exact) mass is 1370 g/mol. The van der Waals surface area contributed by atoms with Gasteiger partial charge in [-0.05, 0) is 222 Å². The molecule has 0 aromatic rings. The lowest BCUT2D eigenvalue weighted by Crippen LogP contribution is -2.38. The molecular formula is C82H169F4N9O. The average molecular weight is 1370 g/mol. The molecule has 1 atom stereocenters. The molecule has 0 aliphatic heterocycles. The minimum atomic E-state index is -3.99. The minimum Gasteiger partial charge on any atom is -0.392 e. The second kappa shape index (κ2) is 54.0. The minimum absolute atomic E-state index is 0.0950. The zero-order valence-electron chi connectivity index (χ0n) is 67.2. The fourth-order valence-electron chi connectivity index (χ4n) is 13.2. The number of aliphatic hydroxyl groups excluding tert-OH is 1. The Morgan fingerprint density at radius 2 is 0.667 bits per heavy atom. The van der Waals surface area contributed by atoms with Gasteiger partial charge in [0, 0.05) is 60.9 Å². The number of aliphatic hydroxyl groups is 1. The van der Waals surface area contributed by atoms with Crippen molar-refractivity contribution in [2.75, 3.05) is 58.9 Å². The van der Waals surface area contributed by atoms with Gasteiger partial charge in [-0.15, -0.1) is 0 Å². The van der Waals surface area contributed by atoms with E-state index in [0.717, 1.165) is 73.8 Å². The van der Waals surface area contributed by atoms with Crippen molar-refractivity contribution >= 4 is 0 Å². The largest absolute Gasteiger partial charge is 0.394 e. The van der Waals surface area contributed by atoms with Crippen LogP contribution in [0.3, 0.4) is 0 Å². The van der Waals surface area contributed by atoms with E-state index in [1.807, 2.05) is 13.8 Å². The van der Waals surface area contributed by atoms with Crippen molar-refractivity contribution in [2.45, 2.75) is 410 Å². The van der Waals surface area contributed by atoms with Crippen LogP contribution in [0.2, 0.25) is 0 Å². The van der Waals surface area contributed by atoms with Crippen LogP contribution in [0.1, 0.15) is 338 Å². The number of nitrogens with one attached hydrogen (secondary N) is 9. The number of alkyl halides is 4. The molecule has 0 bridgehead atoms. The van der Waals surface area contributed by atoms with Crippen LogP contribution in [0, 0.1) is 58.7 Å². The van der Waals surface area contributed by atoms with Crippen LogP contribution in [0.5, 0.6) is 0 Å². The summed E-state index contributed by atoms with van der Waals surface area (Å²) in [5.41, 5.74) is -2.18. The lowest BCUT2D eigenvalue weighted by atomic mass is 9.72. The summed E-state index contributed by atoms with van der Waals surface area (Å²) in [6.45, 7) is 52.6. The normalized spacial score (nSPS) is 23.2. The third kappa shape index (κ3) is 56.8. The van der Waals surface area contributed by atoms with E-state index in [2.05, 4.69) is 166 Å². The summed E-state index contributed by atoms with van der Waals surface area (Å²) in [5, 5.41) is 39.6. The van der Waals surface area contributed by atoms with Gasteiger partial charge in [-0.1, -0.05) is 221 Å². The molecule has 0 spiro atoms. The van der Waals surface area contributed by atoms with Crippen molar-refractivity contribution in [1.29, 1.82) is 0 Å². The smallest absolute Gasteiger partial charge is 0.392 e. The standard InChI is InChI=1S/C11H23N.C10H20FN.2C10H21N.C9H16F3N.C9H19N.C8H17NO.C8H17N.C7H15N/c1-10(2)12-9-8-11-6-4-3-5-7-11;1-8(2)12-5-4-9-6-10(3,11)7-9;1-8(2)11-5-4-10-6-9(3)7-10;1-9(2)11-8-7-10-5-3-4-6-10;1-7(2)13-6-5-8(3-4-8)9(10,11)12;1-8(2)10-7-6-9-4-3-5-9;1-6(2)9-5-8(10)7-3-4-7;1-7(2)9-6-5-8-3-4-8;1-6(2)8-5-7-3-4-7/h10-12H,3-9H2,1-2H3;8-9,12H,4-7H2,1-3H3;8-11H,4-7H2,1-3H3;9-11H,3-8H2,1-2H3;7,13H,3-6H2,1-2H3;8-10H,3-7H2,1-2H3;6-10H,3-5H2,1-2H3;7-9H,3-6H2,1-2H3;6-8H,3-5H2,1-2H3. The van der Waals surface area contributed by atoms with Gasteiger partial charge in [-0.2, -0.15) is 13.2 Å². The van der Waals surface area contributed by atoms with Crippen molar-refractivity contribution in [3.63, 3.8) is 0 Å². The molecule has 0 aromatic carbocycles. The van der Waals surface area contributed by atoms with Crippen LogP contribution in [-0.4, -0.2) is 136 Å². The first-order chi connectivity index (χ1) is 45.2. The Bertz CT molecular complexity index is 1720. The maximum absolute atomic E-state index is 13.0. The summed E-state index contributed by atoms with van der Waals surface area (Å²) in [4.78, 5) is 0. The molecule has 9 saturated carbocycles. The maximum Gasteiger partial charge on any atom is 0.394 e. The zero-order chi connectivity index (χ0) is 72.1. The van der Waals surface area contributed by atoms with Gasteiger partial charge in [-0.25, -0.2) is 4.39 Å². The summed E-state index contributed by atoms with van der Waals surface area (Å²) in [6.07, 6.45) is 35.5. The quantitative estimate of drug-likeness (QED) is 0.0280. The summed E-state index contributed by atoms with van der Waals surface area (Å²) in [5.74, 6) is 8.53. The van der Waals surface area contributed by atoms with E-state index in [1.54, 1.807) is 6.92 Å². The molecule has 0 heterocycles. The molecule has 10 nitrogen and oxygen atoms in total. The maximum atomic E-state index is 13.0. The number of rotatable bonds is 35. The van der Waals surface area contributed by atoms with Gasteiger partial charge in [0.2, 0.25) is 0 Å². The molecule has 10 N–H and O–H groups in total. The molecular weight excluding hydrogens is 1200 g/mol. The average Bonchev–Trinajstić information content (AvgIpc) is 1.60.